The standard InChI is InChI=1S/C22H18Cl3NO6S/c1-11(21(28)31-3)26-20(27)18(33-22(26)29)8-12-6-16(25)19(17(7-12)30-2)32-10-13-4-5-14(23)9-15(13)24/h4-9,11H,10H2,1-3H3/b18-8+/t11-/m0/s1. The van der Waals surface area contributed by atoms with Crippen molar-refractivity contribution in [3.05, 3.63) is 61.4 Å². The molecule has 33 heavy (non-hydrogen) atoms. The first-order valence-electron chi connectivity index (χ1n) is 9.45. The average Bonchev–Trinajstić information content (AvgIpc) is 3.05. The van der Waals surface area contributed by atoms with Crippen LogP contribution in [0.5, 0.6) is 11.5 Å². The molecule has 1 fully saturated rings. The molecule has 1 heterocycles. The van der Waals surface area contributed by atoms with Crippen LogP contribution >= 0.6 is 46.6 Å². The molecule has 0 radical (unpaired) electrons. The fourth-order valence-corrected chi connectivity index (χ4v) is 4.64. The second-order valence-electron chi connectivity index (χ2n) is 6.81. The van der Waals surface area contributed by atoms with Crippen LogP contribution in [-0.4, -0.2) is 42.3 Å². The minimum atomic E-state index is -1.04. The highest BCUT2D eigenvalue weighted by atomic mass is 35.5. The van der Waals surface area contributed by atoms with E-state index in [4.69, 9.17) is 44.3 Å². The summed E-state index contributed by atoms with van der Waals surface area (Å²) in [4.78, 5) is 37.7. The van der Waals surface area contributed by atoms with Crippen molar-refractivity contribution in [2.45, 2.75) is 19.6 Å². The van der Waals surface area contributed by atoms with E-state index in [1.54, 1.807) is 30.3 Å². The van der Waals surface area contributed by atoms with Gasteiger partial charge < -0.3 is 14.2 Å². The molecule has 1 aliphatic heterocycles. The van der Waals surface area contributed by atoms with Crippen LogP contribution in [0.4, 0.5) is 4.79 Å². The van der Waals surface area contributed by atoms with E-state index >= 15 is 0 Å². The first kappa shape index (κ1) is 25.2. The first-order valence-corrected chi connectivity index (χ1v) is 11.4. The Kier molecular flexibility index (Phi) is 8.18. The van der Waals surface area contributed by atoms with Crippen molar-refractivity contribution in [3.8, 4) is 11.5 Å². The van der Waals surface area contributed by atoms with Gasteiger partial charge in [-0.3, -0.25) is 14.5 Å². The number of halogens is 3. The number of benzene rings is 2. The van der Waals surface area contributed by atoms with Crippen LogP contribution in [0.15, 0.2) is 35.2 Å². The van der Waals surface area contributed by atoms with Gasteiger partial charge in [-0.05, 0) is 54.6 Å². The summed E-state index contributed by atoms with van der Waals surface area (Å²) >= 11 is 19.2. The Bertz CT molecular complexity index is 1150. The maximum atomic E-state index is 12.7. The van der Waals surface area contributed by atoms with Crippen molar-refractivity contribution in [1.29, 1.82) is 0 Å². The Morgan fingerprint density at radius 3 is 2.48 bits per heavy atom. The quantitative estimate of drug-likeness (QED) is 0.329. The number of carbonyl (C=O) groups excluding carboxylic acids is 3. The molecule has 174 valence electrons. The number of imide groups is 1. The van der Waals surface area contributed by atoms with Crippen LogP contribution in [0, 0.1) is 0 Å². The minimum Gasteiger partial charge on any atom is -0.493 e. The summed E-state index contributed by atoms with van der Waals surface area (Å²) in [6.07, 6.45) is 1.49. The van der Waals surface area contributed by atoms with Gasteiger partial charge in [0.15, 0.2) is 11.5 Å². The van der Waals surface area contributed by atoms with E-state index in [1.165, 1.54) is 27.2 Å². The van der Waals surface area contributed by atoms with Gasteiger partial charge in [-0.15, -0.1) is 0 Å². The number of ether oxygens (including phenoxy) is 3. The molecule has 1 saturated heterocycles. The lowest BCUT2D eigenvalue weighted by atomic mass is 10.1. The molecule has 2 aromatic rings. The summed E-state index contributed by atoms with van der Waals surface area (Å²) in [6, 6.07) is 7.19. The Balaban J connectivity index is 1.84. The smallest absolute Gasteiger partial charge is 0.328 e. The molecule has 0 spiro atoms. The van der Waals surface area contributed by atoms with Gasteiger partial charge in [-0.25, -0.2) is 4.79 Å². The van der Waals surface area contributed by atoms with Crippen LogP contribution in [0.1, 0.15) is 18.1 Å². The second kappa shape index (κ2) is 10.7. The monoisotopic (exact) mass is 529 g/mol. The van der Waals surface area contributed by atoms with Gasteiger partial charge in [0, 0.05) is 15.6 Å². The molecule has 1 aliphatic rings. The van der Waals surface area contributed by atoms with E-state index < -0.39 is 23.2 Å². The predicted molar refractivity (Wildman–Crippen MR) is 128 cm³/mol. The zero-order valence-electron chi connectivity index (χ0n) is 17.7. The van der Waals surface area contributed by atoms with Gasteiger partial charge >= 0.3 is 5.97 Å². The van der Waals surface area contributed by atoms with Crippen LogP contribution in [0.2, 0.25) is 15.1 Å². The fourth-order valence-electron chi connectivity index (χ4n) is 2.99. The summed E-state index contributed by atoms with van der Waals surface area (Å²) < 4.78 is 15.8. The van der Waals surface area contributed by atoms with E-state index in [-0.39, 0.29) is 22.3 Å². The highest BCUT2D eigenvalue weighted by Gasteiger charge is 2.41. The molecule has 0 unspecified atom stereocenters. The second-order valence-corrected chi connectivity index (χ2v) is 9.05. The number of amides is 2. The lowest BCUT2D eigenvalue weighted by molar-refractivity contribution is -0.148. The highest BCUT2D eigenvalue weighted by molar-refractivity contribution is 8.18. The van der Waals surface area contributed by atoms with Gasteiger partial charge in [0.2, 0.25) is 0 Å². The zero-order valence-corrected chi connectivity index (χ0v) is 20.8. The Morgan fingerprint density at radius 2 is 1.85 bits per heavy atom. The number of rotatable bonds is 7. The van der Waals surface area contributed by atoms with Crippen molar-refractivity contribution in [1.82, 2.24) is 4.90 Å². The summed E-state index contributed by atoms with van der Waals surface area (Å²) in [5.74, 6) is -0.683. The maximum Gasteiger partial charge on any atom is 0.328 e. The van der Waals surface area contributed by atoms with Crippen LogP contribution < -0.4 is 9.47 Å². The lowest BCUT2D eigenvalue weighted by Gasteiger charge is -2.18. The third kappa shape index (κ3) is 5.58. The van der Waals surface area contributed by atoms with E-state index in [1.807, 2.05) is 0 Å². The number of methoxy groups -OCH3 is 2. The molecule has 11 heteroatoms. The maximum absolute atomic E-state index is 12.7. The van der Waals surface area contributed by atoms with Crippen LogP contribution in [-0.2, 0) is 20.9 Å². The van der Waals surface area contributed by atoms with Gasteiger partial charge in [-0.2, -0.15) is 0 Å². The summed E-state index contributed by atoms with van der Waals surface area (Å²) in [6.45, 7) is 1.54. The first-order chi connectivity index (χ1) is 15.7. The fraction of sp³-hybridized carbons (Fsp3) is 0.227. The lowest BCUT2D eigenvalue weighted by Crippen LogP contribution is -2.42. The molecule has 2 amide bonds. The topological polar surface area (TPSA) is 82.1 Å². The highest BCUT2D eigenvalue weighted by Crippen LogP contribution is 2.40. The number of hydrogen-bond donors (Lipinski definition) is 0. The van der Waals surface area contributed by atoms with Gasteiger partial charge in [0.25, 0.3) is 11.1 Å². The van der Waals surface area contributed by atoms with Gasteiger partial charge in [0.05, 0.1) is 24.1 Å². The van der Waals surface area contributed by atoms with E-state index in [0.717, 1.165) is 4.90 Å². The summed E-state index contributed by atoms with van der Waals surface area (Å²) in [7, 11) is 2.63. The molecule has 0 bridgehead atoms. The number of nitrogens with zero attached hydrogens (tertiary/aromatic N) is 1. The molecule has 0 aromatic heterocycles. The molecular formula is C22H18Cl3NO6S. The average molecular weight is 531 g/mol. The molecule has 0 N–H and O–H groups in total. The van der Waals surface area contributed by atoms with Crippen molar-refractivity contribution >= 4 is 69.8 Å². The largest absolute Gasteiger partial charge is 0.493 e. The number of thioether (sulfide) groups is 1. The van der Waals surface area contributed by atoms with E-state index in [2.05, 4.69) is 4.74 Å². The zero-order chi connectivity index (χ0) is 24.3. The van der Waals surface area contributed by atoms with Crippen molar-refractivity contribution < 1.29 is 28.6 Å². The Hall–Kier alpha value is -2.39. The SMILES string of the molecule is COC(=O)[C@H](C)N1C(=O)S/C(=C/c2cc(Cl)c(OCc3ccc(Cl)cc3Cl)c(OC)c2)C1=O. The van der Waals surface area contributed by atoms with Gasteiger partial charge in [-0.1, -0.05) is 40.9 Å². The third-order valence-electron chi connectivity index (χ3n) is 4.69. The van der Waals surface area contributed by atoms with Crippen LogP contribution in [0.25, 0.3) is 6.08 Å². The van der Waals surface area contributed by atoms with Crippen molar-refractivity contribution in [2.75, 3.05) is 14.2 Å². The number of hydrogen-bond acceptors (Lipinski definition) is 7. The molecule has 7 nitrogen and oxygen atoms in total. The van der Waals surface area contributed by atoms with E-state index in [9.17, 15) is 14.4 Å². The van der Waals surface area contributed by atoms with Crippen molar-refractivity contribution in [2.24, 2.45) is 0 Å². The molecule has 0 aliphatic carbocycles. The normalized spacial score (nSPS) is 15.7. The third-order valence-corrected chi connectivity index (χ3v) is 6.44. The molecule has 3 rings (SSSR count). The molecule has 0 saturated carbocycles. The Labute approximate surface area is 209 Å². The van der Waals surface area contributed by atoms with Crippen molar-refractivity contribution in [3.63, 3.8) is 0 Å². The summed E-state index contributed by atoms with van der Waals surface area (Å²) in [5.41, 5.74) is 1.21. The van der Waals surface area contributed by atoms with Crippen LogP contribution in [0.3, 0.4) is 0 Å². The Morgan fingerprint density at radius 1 is 1.12 bits per heavy atom. The van der Waals surface area contributed by atoms with Gasteiger partial charge in [0.1, 0.15) is 12.6 Å². The summed E-state index contributed by atoms with van der Waals surface area (Å²) in [5, 5.41) is 0.620. The molecule has 1 atom stereocenters. The predicted octanol–water partition coefficient (Wildman–Crippen LogP) is 5.83. The minimum absolute atomic E-state index is 0.121. The molecule has 2 aromatic carbocycles. The number of carbonyl (C=O) groups is 3. The molecular weight excluding hydrogens is 513 g/mol. The van der Waals surface area contributed by atoms with E-state index in [0.29, 0.717) is 38.7 Å². The number of esters is 1.